The van der Waals surface area contributed by atoms with Crippen molar-refractivity contribution in [3.05, 3.63) is 11.6 Å². The molecule has 0 bridgehead atoms. The van der Waals surface area contributed by atoms with Crippen LogP contribution in [0.5, 0.6) is 0 Å². The third-order valence-electron chi connectivity index (χ3n) is 4.24. The van der Waals surface area contributed by atoms with Gasteiger partial charge in [0.1, 0.15) is 0 Å². The Labute approximate surface area is 121 Å². The Morgan fingerprint density at radius 1 is 1.26 bits per heavy atom. The van der Waals surface area contributed by atoms with Crippen molar-refractivity contribution in [3.8, 4) is 11.8 Å². The molecule has 1 aliphatic carbocycles. The molecule has 0 amide bonds. The summed E-state index contributed by atoms with van der Waals surface area (Å²) in [5.74, 6) is 8.20. The summed E-state index contributed by atoms with van der Waals surface area (Å²) in [5.41, 5.74) is 2.19. The highest BCUT2D eigenvalue weighted by atomic mass is 14.5. The van der Waals surface area contributed by atoms with Crippen LogP contribution >= 0.6 is 0 Å². The molecule has 0 aliphatic heterocycles. The van der Waals surface area contributed by atoms with Crippen molar-refractivity contribution in [2.75, 3.05) is 0 Å². The van der Waals surface area contributed by atoms with Crippen LogP contribution in [0.15, 0.2) is 11.6 Å². The third kappa shape index (κ3) is 6.33. The van der Waals surface area contributed by atoms with Crippen LogP contribution in [0, 0.1) is 29.1 Å². The molecule has 0 saturated heterocycles. The first kappa shape index (κ1) is 16.4. The van der Waals surface area contributed by atoms with Gasteiger partial charge in [-0.1, -0.05) is 52.2 Å². The van der Waals surface area contributed by atoms with Gasteiger partial charge in [-0.05, 0) is 49.4 Å². The summed E-state index contributed by atoms with van der Waals surface area (Å²) in [6, 6.07) is 0. The van der Waals surface area contributed by atoms with Crippen molar-refractivity contribution < 1.29 is 0 Å². The zero-order valence-electron chi connectivity index (χ0n) is 13.7. The molecule has 1 fully saturated rings. The second kappa shape index (κ2) is 7.78. The van der Waals surface area contributed by atoms with E-state index in [1.165, 1.54) is 32.1 Å². The monoisotopic (exact) mass is 260 g/mol. The number of unbranched alkanes of at least 4 members (excludes halogenated alkanes) is 1. The standard InChI is InChI=1S/C19H32/c1-6-7-8-9-10-11-18-15-19(18,5)13-12-17(4)14-16(2)3/h11,16-17H,6-7,10,12-15H2,1-5H3. The minimum Gasteiger partial charge on any atom is -0.103 e. The fraction of sp³-hybridized carbons (Fsp3) is 0.789. The van der Waals surface area contributed by atoms with Crippen LogP contribution in [-0.2, 0) is 0 Å². The van der Waals surface area contributed by atoms with Gasteiger partial charge in [0.05, 0.1) is 0 Å². The molecular formula is C19H32. The highest BCUT2D eigenvalue weighted by Gasteiger charge is 2.42. The van der Waals surface area contributed by atoms with Crippen molar-refractivity contribution in [3.63, 3.8) is 0 Å². The topological polar surface area (TPSA) is 0 Å². The highest BCUT2D eigenvalue weighted by molar-refractivity contribution is 5.32. The molecule has 0 N–H and O–H groups in total. The Morgan fingerprint density at radius 2 is 2.00 bits per heavy atom. The molecule has 0 heterocycles. The summed E-state index contributed by atoms with van der Waals surface area (Å²) in [6.07, 6.45) is 11.0. The van der Waals surface area contributed by atoms with Gasteiger partial charge >= 0.3 is 0 Å². The van der Waals surface area contributed by atoms with Crippen LogP contribution in [0.4, 0.5) is 0 Å². The van der Waals surface area contributed by atoms with E-state index in [0.29, 0.717) is 5.41 Å². The van der Waals surface area contributed by atoms with E-state index in [1.54, 1.807) is 5.57 Å². The van der Waals surface area contributed by atoms with E-state index in [-0.39, 0.29) is 0 Å². The van der Waals surface area contributed by atoms with Gasteiger partial charge in [0.25, 0.3) is 0 Å². The average Bonchev–Trinajstić information content (AvgIpc) is 2.97. The van der Waals surface area contributed by atoms with Gasteiger partial charge in [-0.25, -0.2) is 0 Å². The fourth-order valence-corrected chi connectivity index (χ4v) is 2.89. The number of hydrogen-bond donors (Lipinski definition) is 0. The van der Waals surface area contributed by atoms with Gasteiger partial charge in [-0.2, -0.15) is 0 Å². The number of hydrogen-bond acceptors (Lipinski definition) is 0. The third-order valence-corrected chi connectivity index (χ3v) is 4.24. The molecule has 0 aromatic heterocycles. The Bertz CT molecular complexity index is 350. The van der Waals surface area contributed by atoms with Crippen LogP contribution in [0.3, 0.4) is 0 Å². The van der Waals surface area contributed by atoms with Gasteiger partial charge < -0.3 is 0 Å². The minimum absolute atomic E-state index is 0.525. The lowest BCUT2D eigenvalue weighted by molar-refractivity contribution is 0.370. The molecule has 1 rings (SSSR count). The summed E-state index contributed by atoms with van der Waals surface area (Å²) < 4.78 is 0. The molecule has 2 atom stereocenters. The Hall–Kier alpha value is -0.700. The molecule has 0 spiro atoms. The van der Waals surface area contributed by atoms with E-state index in [4.69, 9.17) is 0 Å². The average molecular weight is 260 g/mol. The second-order valence-electron chi connectivity index (χ2n) is 7.05. The molecule has 19 heavy (non-hydrogen) atoms. The highest BCUT2D eigenvalue weighted by Crippen LogP contribution is 2.55. The lowest BCUT2D eigenvalue weighted by atomic mass is 9.90. The Balaban J connectivity index is 2.25. The first-order valence-corrected chi connectivity index (χ1v) is 8.13. The molecule has 0 aromatic carbocycles. The molecule has 108 valence electrons. The second-order valence-corrected chi connectivity index (χ2v) is 7.05. The minimum atomic E-state index is 0.525. The van der Waals surface area contributed by atoms with E-state index in [1.807, 2.05) is 0 Å². The van der Waals surface area contributed by atoms with Crippen LogP contribution in [0.1, 0.15) is 79.6 Å². The quantitative estimate of drug-likeness (QED) is 0.390. The van der Waals surface area contributed by atoms with Gasteiger partial charge in [0.2, 0.25) is 0 Å². The molecule has 2 unspecified atom stereocenters. The first-order chi connectivity index (χ1) is 8.98. The zero-order valence-corrected chi connectivity index (χ0v) is 13.7. The van der Waals surface area contributed by atoms with E-state index >= 15 is 0 Å². The smallest absolute Gasteiger partial charge is 0.0272 e. The van der Waals surface area contributed by atoms with Crippen molar-refractivity contribution >= 4 is 0 Å². The first-order valence-electron chi connectivity index (χ1n) is 8.13. The molecule has 0 nitrogen and oxygen atoms in total. The van der Waals surface area contributed by atoms with Crippen molar-refractivity contribution in [2.24, 2.45) is 17.3 Å². The summed E-state index contributed by atoms with van der Waals surface area (Å²) in [5, 5.41) is 0. The lowest BCUT2D eigenvalue weighted by Gasteiger charge is -2.16. The van der Waals surface area contributed by atoms with E-state index in [2.05, 4.69) is 52.5 Å². The maximum Gasteiger partial charge on any atom is 0.0272 e. The molecule has 0 radical (unpaired) electrons. The predicted molar refractivity (Wildman–Crippen MR) is 86.0 cm³/mol. The fourth-order valence-electron chi connectivity index (χ4n) is 2.89. The van der Waals surface area contributed by atoms with Crippen molar-refractivity contribution in [1.82, 2.24) is 0 Å². The van der Waals surface area contributed by atoms with Gasteiger partial charge in [0, 0.05) is 12.8 Å². The van der Waals surface area contributed by atoms with E-state index in [9.17, 15) is 0 Å². The number of rotatable bonds is 7. The maximum atomic E-state index is 3.26. The van der Waals surface area contributed by atoms with Gasteiger partial charge in [0.15, 0.2) is 0 Å². The van der Waals surface area contributed by atoms with Crippen LogP contribution in [-0.4, -0.2) is 0 Å². The van der Waals surface area contributed by atoms with Gasteiger partial charge in [-0.15, -0.1) is 5.92 Å². The molecule has 0 heteroatoms. The molecular weight excluding hydrogens is 228 g/mol. The zero-order chi connectivity index (χ0) is 14.3. The van der Waals surface area contributed by atoms with Crippen LogP contribution in [0.2, 0.25) is 0 Å². The summed E-state index contributed by atoms with van der Waals surface area (Å²) in [4.78, 5) is 0. The Kier molecular flexibility index (Phi) is 6.70. The predicted octanol–water partition coefficient (Wildman–Crippen LogP) is 5.98. The summed E-state index contributed by atoms with van der Waals surface area (Å²) in [6.45, 7) is 11.7. The van der Waals surface area contributed by atoms with Crippen molar-refractivity contribution in [1.29, 1.82) is 0 Å². The maximum absolute atomic E-state index is 3.26. The molecule has 0 aromatic rings. The van der Waals surface area contributed by atoms with E-state index < -0.39 is 0 Å². The molecule has 1 saturated carbocycles. The largest absolute Gasteiger partial charge is 0.103 e. The SMILES string of the molecule is CCCC#CCC=C1CC1(C)CCC(C)CC(C)C. The summed E-state index contributed by atoms with van der Waals surface area (Å²) >= 11 is 0. The lowest BCUT2D eigenvalue weighted by Crippen LogP contribution is -2.03. The van der Waals surface area contributed by atoms with E-state index in [0.717, 1.165) is 24.7 Å². The summed E-state index contributed by atoms with van der Waals surface area (Å²) in [7, 11) is 0. The normalized spacial score (nSPS) is 25.3. The number of allylic oxidation sites excluding steroid dienone is 2. The van der Waals surface area contributed by atoms with Crippen LogP contribution < -0.4 is 0 Å². The van der Waals surface area contributed by atoms with Gasteiger partial charge in [-0.3, -0.25) is 0 Å². The molecule has 1 aliphatic rings. The Morgan fingerprint density at radius 3 is 2.63 bits per heavy atom. The van der Waals surface area contributed by atoms with Crippen LogP contribution in [0.25, 0.3) is 0 Å². The van der Waals surface area contributed by atoms with Crippen molar-refractivity contribution in [2.45, 2.75) is 79.6 Å².